The minimum absolute atomic E-state index is 0.0479. The zero-order valence-corrected chi connectivity index (χ0v) is 17.3. The molecule has 0 unspecified atom stereocenters. The maximum Gasteiger partial charge on any atom is 0.336 e. The van der Waals surface area contributed by atoms with E-state index in [0.29, 0.717) is 16.6 Å². The molecule has 32 heavy (non-hydrogen) atoms. The van der Waals surface area contributed by atoms with Gasteiger partial charge in [0.05, 0.1) is 23.2 Å². The Morgan fingerprint density at radius 2 is 1.69 bits per heavy atom. The number of aromatic nitrogens is 1. The average molecular weight is 426 g/mol. The van der Waals surface area contributed by atoms with Crippen LogP contribution >= 0.6 is 0 Å². The van der Waals surface area contributed by atoms with E-state index in [4.69, 9.17) is 5.73 Å². The van der Waals surface area contributed by atoms with Crippen molar-refractivity contribution in [3.8, 4) is 0 Å². The second-order valence-corrected chi connectivity index (χ2v) is 7.08. The topological polar surface area (TPSA) is 102 Å². The number of carboxylic acids is 1. The molecule has 0 aliphatic rings. The number of aromatic carboxylic acids is 1. The van der Waals surface area contributed by atoms with Gasteiger partial charge >= 0.3 is 5.97 Å². The van der Waals surface area contributed by atoms with Crippen LogP contribution in [0.3, 0.4) is 0 Å². The molecule has 1 heterocycles. The van der Waals surface area contributed by atoms with Gasteiger partial charge in [-0.15, -0.1) is 0 Å². The van der Waals surface area contributed by atoms with Gasteiger partial charge in [-0.3, -0.25) is 9.59 Å². The molecule has 3 N–H and O–H groups in total. The average Bonchev–Trinajstić information content (AvgIpc) is 2.80. The highest BCUT2D eigenvalue weighted by molar-refractivity contribution is 6.14. The van der Waals surface area contributed by atoms with E-state index in [1.807, 2.05) is 0 Å². The first kappa shape index (κ1) is 22.2. The van der Waals surface area contributed by atoms with Gasteiger partial charge in [-0.25, -0.2) is 4.79 Å². The summed E-state index contributed by atoms with van der Waals surface area (Å²) in [7, 11) is 0. The van der Waals surface area contributed by atoms with Crippen molar-refractivity contribution in [3.63, 3.8) is 0 Å². The molecule has 0 spiro atoms. The highest BCUT2D eigenvalue weighted by Gasteiger charge is 2.21. The van der Waals surface area contributed by atoms with Crippen LogP contribution in [0.4, 0.5) is 0 Å². The number of fused-ring (bicyclic) bond motifs is 1. The molecule has 6 nitrogen and oxygen atoms in total. The molecule has 0 bridgehead atoms. The Kier molecular flexibility index (Phi) is 6.65. The minimum Gasteiger partial charge on any atom is -0.478 e. The summed E-state index contributed by atoms with van der Waals surface area (Å²) in [5.41, 5.74) is 7.17. The normalized spacial score (nSPS) is 11.6. The van der Waals surface area contributed by atoms with Gasteiger partial charge in [-0.05, 0) is 29.8 Å². The van der Waals surface area contributed by atoms with Crippen LogP contribution in [0.2, 0.25) is 0 Å². The van der Waals surface area contributed by atoms with Crippen LogP contribution in [0.15, 0.2) is 108 Å². The van der Waals surface area contributed by atoms with Gasteiger partial charge in [0.1, 0.15) is 0 Å². The fourth-order valence-corrected chi connectivity index (χ4v) is 3.26. The number of carbonyl (C=O) groups is 2. The molecule has 0 aliphatic heterocycles. The highest BCUT2D eigenvalue weighted by atomic mass is 16.4. The lowest BCUT2D eigenvalue weighted by Crippen LogP contribution is -2.22. The van der Waals surface area contributed by atoms with Crippen LogP contribution < -0.4 is 11.2 Å². The van der Waals surface area contributed by atoms with Crippen LogP contribution in [0.5, 0.6) is 0 Å². The molecule has 0 atom stereocenters. The summed E-state index contributed by atoms with van der Waals surface area (Å²) in [6.07, 6.45) is 8.23. The maximum atomic E-state index is 13.2. The summed E-state index contributed by atoms with van der Waals surface area (Å²) in [4.78, 5) is 37.8. The van der Waals surface area contributed by atoms with E-state index in [1.165, 1.54) is 24.4 Å². The zero-order valence-electron chi connectivity index (χ0n) is 17.3. The number of hydrogen-bond acceptors (Lipinski definition) is 4. The number of benzene rings is 2. The van der Waals surface area contributed by atoms with E-state index >= 15 is 0 Å². The van der Waals surface area contributed by atoms with Crippen molar-refractivity contribution in [2.24, 2.45) is 5.73 Å². The Labute approximate surface area is 184 Å². The number of para-hydroxylation sites is 1. The fraction of sp³-hybridized carbons (Fsp3) is 0.0385. The third kappa shape index (κ3) is 4.65. The lowest BCUT2D eigenvalue weighted by molar-refractivity contribution is 0.0692. The number of carboxylic acid groups (broad SMARTS) is 1. The van der Waals surface area contributed by atoms with Crippen LogP contribution in [0.1, 0.15) is 26.3 Å². The number of carbonyl (C=O) groups excluding carboxylic acids is 1. The standard InChI is InChI=1S/C26H22N2O4/c1-3-17(2)9-8-10-18(27)15-28-16-22(25(30)21-13-6-7-14-23(21)28)24(29)19-11-4-5-12-20(19)26(31)32/h3-14,16H,1-2,15,27H2,(H,31,32)/b9-8-,18-10-. The number of hydrogen-bond donors (Lipinski definition) is 2. The molecule has 3 aromatic rings. The number of rotatable bonds is 8. The van der Waals surface area contributed by atoms with Crippen LogP contribution in [-0.2, 0) is 6.54 Å². The Bertz CT molecular complexity index is 1360. The molecule has 0 saturated carbocycles. The van der Waals surface area contributed by atoms with Gasteiger partial charge in [0.15, 0.2) is 5.78 Å². The van der Waals surface area contributed by atoms with Crippen molar-refractivity contribution in [3.05, 3.63) is 130 Å². The number of nitrogens with two attached hydrogens (primary N) is 1. The highest BCUT2D eigenvalue weighted by Crippen LogP contribution is 2.17. The van der Waals surface area contributed by atoms with Crippen molar-refractivity contribution in [1.82, 2.24) is 4.57 Å². The van der Waals surface area contributed by atoms with Crippen LogP contribution in [-0.4, -0.2) is 21.4 Å². The van der Waals surface area contributed by atoms with Gasteiger partial charge in [0.25, 0.3) is 0 Å². The molecule has 6 heteroatoms. The summed E-state index contributed by atoms with van der Waals surface area (Å²) < 4.78 is 1.70. The molecule has 0 aliphatic carbocycles. The van der Waals surface area contributed by atoms with Gasteiger partial charge in [-0.1, -0.05) is 61.7 Å². The summed E-state index contributed by atoms with van der Waals surface area (Å²) in [5.74, 6) is -1.90. The summed E-state index contributed by atoms with van der Waals surface area (Å²) in [6.45, 7) is 7.64. The van der Waals surface area contributed by atoms with E-state index < -0.39 is 17.2 Å². The first-order valence-corrected chi connectivity index (χ1v) is 9.76. The number of ketones is 1. The second kappa shape index (κ2) is 9.57. The third-order valence-electron chi connectivity index (χ3n) is 4.87. The number of nitrogens with zero attached hydrogens (tertiary/aromatic N) is 1. The fourth-order valence-electron chi connectivity index (χ4n) is 3.26. The number of allylic oxidation sites excluding steroid dienone is 6. The molecule has 160 valence electrons. The molecule has 0 fully saturated rings. The van der Waals surface area contributed by atoms with E-state index in [9.17, 15) is 19.5 Å². The van der Waals surface area contributed by atoms with Crippen molar-refractivity contribution in [2.45, 2.75) is 6.54 Å². The van der Waals surface area contributed by atoms with Crippen LogP contribution in [0, 0.1) is 0 Å². The number of pyridine rings is 1. The molecular formula is C26H22N2O4. The van der Waals surface area contributed by atoms with Crippen molar-refractivity contribution in [2.75, 3.05) is 0 Å². The van der Waals surface area contributed by atoms with Gasteiger partial charge in [-0.2, -0.15) is 0 Å². The lowest BCUT2D eigenvalue weighted by Gasteiger charge is -2.14. The van der Waals surface area contributed by atoms with Crippen molar-refractivity contribution in [1.29, 1.82) is 0 Å². The predicted molar refractivity (Wildman–Crippen MR) is 126 cm³/mol. The Hall–Kier alpha value is -4.45. The molecular weight excluding hydrogens is 404 g/mol. The quantitative estimate of drug-likeness (QED) is 0.418. The first-order valence-electron chi connectivity index (χ1n) is 9.76. The zero-order chi connectivity index (χ0) is 23.3. The van der Waals surface area contributed by atoms with E-state index in [0.717, 1.165) is 5.57 Å². The molecule has 0 saturated heterocycles. The Morgan fingerprint density at radius 3 is 2.38 bits per heavy atom. The van der Waals surface area contributed by atoms with E-state index in [-0.39, 0.29) is 23.2 Å². The van der Waals surface area contributed by atoms with Crippen LogP contribution in [0.25, 0.3) is 10.9 Å². The summed E-state index contributed by atoms with van der Waals surface area (Å²) >= 11 is 0. The van der Waals surface area contributed by atoms with E-state index in [1.54, 1.807) is 59.2 Å². The van der Waals surface area contributed by atoms with Gasteiger partial charge in [0.2, 0.25) is 5.43 Å². The van der Waals surface area contributed by atoms with Gasteiger partial charge < -0.3 is 15.4 Å². The maximum absolute atomic E-state index is 13.2. The molecule has 1 aromatic heterocycles. The Morgan fingerprint density at radius 1 is 1.03 bits per heavy atom. The third-order valence-corrected chi connectivity index (χ3v) is 4.87. The monoisotopic (exact) mass is 426 g/mol. The first-order chi connectivity index (χ1) is 15.3. The van der Waals surface area contributed by atoms with Crippen molar-refractivity contribution >= 4 is 22.7 Å². The van der Waals surface area contributed by atoms with E-state index in [2.05, 4.69) is 13.2 Å². The van der Waals surface area contributed by atoms with Crippen molar-refractivity contribution < 1.29 is 14.7 Å². The molecule has 2 aromatic carbocycles. The Balaban J connectivity index is 2.12. The summed E-state index contributed by atoms with van der Waals surface area (Å²) in [5, 5.41) is 9.78. The summed E-state index contributed by atoms with van der Waals surface area (Å²) in [6, 6.07) is 12.7. The lowest BCUT2D eigenvalue weighted by atomic mass is 9.98. The smallest absolute Gasteiger partial charge is 0.336 e. The molecule has 0 amide bonds. The second-order valence-electron chi connectivity index (χ2n) is 7.08. The minimum atomic E-state index is -1.24. The largest absolute Gasteiger partial charge is 0.478 e. The SMILES string of the molecule is C=CC(=C)/C=C\C=C(/N)Cn1cc(C(=O)c2ccccc2C(=O)O)c(=O)c2ccccc21. The predicted octanol–water partition coefficient (Wildman–Crippen LogP) is 4.07. The molecule has 3 rings (SSSR count). The van der Waals surface area contributed by atoms with Gasteiger partial charge in [0, 0.05) is 22.8 Å². The molecule has 0 radical (unpaired) electrons.